The van der Waals surface area contributed by atoms with Crippen molar-refractivity contribution in [3.63, 3.8) is 0 Å². The van der Waals surface area contributed by atoms with E-state index < -0.39 is 11.8 Å². The zero-order valence-corrected chi connectivity index (χ0v) is 17.0. The molecule has 154 valence electrons. The van der Waals surface area contributed by atoms with Crippen molar-refractivity contribution in [1.82, 2.24) is 10.2 Å². The van der Waals surface area contributed by atoms with Gasteiger partial charge in [0.15, 0.2) is 11.5 Å². The molecular formula is C21H25N3O4S. The highest BCUT2D eigenvalue weighted by Gasteiger charge is 2.24. The average Bonchev–Trinajstić information content (AvgIpc) is 3.35. The van der Waals surface area contributed by atoms with Crippen LogP contribution in [0.1, 0.15) is 37.3 Å². The molecule has 1 saturated heterocycles. The van der Waals surface area contributed by atoms with Gasteiger partial charge in [0.1, 0.15) is 0 Å². The molecule has 7 nitrogen and oxygen atoms in total. The van der Waals surface area contributed by atoms with Crippen LogP contribution in [-0.2, 0) is 9.59 Å². The van der Waals surface area contributed by atoms with Crippen LogP contribution in [0.4, 0.5) is 5.69 Å². The van der Waals surface area contributed by atoms with Crippen molar-refractivity contribution in [2.45, 2.75) is 31.7 Å². The molecule has 2 N–H and O–H groups in total. The maximum atomic E-state index is 12.4. The molecule has 29 heavy (non-hydrogen) atoms. The van der Waals surface area contributed by atoms with Crippen LogP contribution in [-0.4, -0.2) is 43.1 Å². The summed E-state index contributed by atoms with van der Waals surface area (Å²) >= 11 is 1.65. The number of ether oxygens (including phenoxy) is 2. The minimum Gasteiger partial charge on any atom is -0.454 e. The van der Waals surface area contributed by atoms with Crippen LogP contribution < -0.4 is 20.1 Å². The highest BCUT2D eigenvalue weighted by Crippen LogP contribution is 2.34. The number of rotatable bonds is 5. The molecule has 1 aromatic heterocycles. The van der Waals surface area contributed by atoms with Crippen molar-refractivity contribution in [1.29, 1.82) is 0 Å². The molecule has 0 radical (unpaired) electrons. The van der Waals surface area contributed by atoms with Gasteiger partial charge in [-0.1, -0.05) is 12.8 Å². The first-order chi connectivity index (χ1) is 14.2. The molecule has 2 aliphatic rings. The van der Waals surface area contributed by atoms with Gasteiger partial charge in [-0.25, -0.2) is 0 Å². The Balaban J connectivity index is 1.36. The number of anilines is 1. The second-order valence-corrected chi connectivity index (χ2v) is 8.03. The first-order valence-electron chi connectivity index (χ1n) is 9.96. The smallest absolute Gasteiger partial charge is 0.313 e. The van der Waals surface area contributed by atoms with E-state index >= 15 is 0 Å². The highest BCUT2D eigenvalue weighted by atomic mass is 32.1. The summed E-state index contributed by atoms with van der Waals surface area (Å²) in [4.78, 5) is 27.2. The van der Waals surface area contributed by atoms with Gasteiger partial charge in [0, 0.05) is 18.3 Å². The maximum Gasteiger partial charge on any atom is 0.313 e. The Kier molecular flexibility index (Phi) is 6.31. The van der Waals surface area contributed by atoms with Crippen LogP contribution in [0.2, 0.25) is 0 Å². The molecule has 0 spiro atoms. The largest absolute Gasteiger partial charge is 0.454 e. The minimum absolute atomic E-state index is 0.0849. The molecule has 1 fully saturated rings. The number of nitrogens with zero attached hydrogens (tertiary/aromatic N) is 1. The maximum absolute atomic E-state index is 12.4. The fourth-order valence-corrected chi connectivity index (χ4v) is 4.47. The Morgan fingerprint density at radius 2 is 1.83 bits per heavy atom. The second kappa shape index (κ2) is 9.28. The molecule has 0 bridgehead atoms. The van der Waals surface area contributed by atoms with E-state index in [1.807, 2.05) is 5.38 Å². The lowest BCUT2D eigenvalue weighted by Gasteiger charge is -2.30. The SMILES string of the molecule is O=C(NC[C@@H](c1ccsc1)N1CCCCCC1)C(=O)Nc1ccc2c(c1)OCO2. The topological polar surface area (TPSA) is 79.9 Å². The van der Waals surface area contributed by atoms with Crippen LogP contribution in [0, 0.1) is 0 Å². The molecular weight excluding hydrogens is 390 g/mol. The van der Waals surface area contributed by atoms with Gasteiger partial charge in [0.05, 0.1) is 6.04 Å². The number of fused-ring (bicyclic) bond motifs is 1. The van der Waals surface area contributed by atoms with Crippen LogP contribution in [0.5, 0.6) is 11.5 Å². The van der Waals surface area contributed by atoms with E-state index in [-0.39, 0.29) is 12.8 Å². The van der Waals surface area contributed by atoms with Crippen LogP contribution >= 0.6 is 11.3 Å². The lowest BCUT2D eigenvalue weighted by molar-refractivity contribution is -0.136. The summed E-state index contributed by atoms with van der Waals surface area (Å²) in [6.45, 7) is 2.59. The van der Waals surface area contributed by atoms with E-state index in [9.17, 15) is 9.59 Å². The van der Waals surface area contributed by atoms with Crippen molar-refractivity contribution in [2.24, 2.45) is 0 Å². The molecule has 8 heteroatoms. The van der Waals surface area contributed by atoms with E-state index in [1.165, 1.54) is 31.2 Å². The molecule has 0 saturated carbocycles. The standard InChI is InChI=1S/C21H25N3O4S/c25-20(21(26)23-16-5-6-18-19(11-16)28-14-27-18)22-12-17(15-7-10-29-13-15)24-8-3-1-2-4-9-24/h5-7,10-11,13,17H,1-4,8-9,12,14H2,(H,22,25)(H,23,26)/t17-/m0/s1. The molecule has 1 aromatic carbocycles. The number of hydrogen-bond acceptors (Lipinski definition) is 6. The number of carbonyl (C=O) groups excluding carboxylic acids is 2. The van der Waals surface area contributed by atoms with Gasteiger partial charge in [-0.15, -0.1) is 0 Å². The molecule has 2 aliphatic heterocycles. The third kappa shape index (κ3) is 4.89. The molecule has 2 amide bonds. The predicted octanol–water partition coefficient (Wildman–Crippen LogP) is 3.15. The molecule has 3 heterocycles. The number of likely N-dealkylation sites (tertiary alicyclic amines) is 1. The van der Waals surface area contributed by atoms with E-state index in [2.05, 4.69) is 27.0 Å². The number of hydrogen-bond donors (Lipinski definition) is 2. The van der Waals surface area contributed by atoms with Gasteiger partial charge in [-0.3, -0.25) is 14.5 Å². The van der Waals surface area contributed by atoms with Crippen LogP contribution in [0.3, 0.4) is 0 Å². The van der Waals surface area contributed by atoms with E-state index in [0.717, 1.165) is 13.1 Å². The first kappa shape index (κ1) is 19.7. The number of amides is 2. The molecule has 0 unspecified atom stereocenters. The Bertz CT molecular complexity index is 848. The minimum atomic E-state index is -0.691. The number of benzene rings is 1. The lowest BCUT2D eigenvalue weighted by Crippen LogP contribution is -2.42. The lowest BCUT2D eigenvalue weighted by atomic mass is 10.1. The third-order valence-corrected chi connectivity index (χ3v) is 6.00. The van der Waals surface area contributed by atoms with Crippen molar-refractivity contribution in [3.8, 4) is 11.5 Å². The zero-order valence-electron chi connectivity index (χ0n) is 16.2. The summed E-state index contributed by atoms with van der Waals surface area (Å²) in [6, 6.07) is 7.23. The van der Waals surface area contributed by atoms with E-state index in [4.69, 9.17) is 9.47 Å². The molecule has 2 aromatic rings. The van der Waals surface area contributed by atoms with E-state index in [0.29, 0.717) is 23.7 Å². The monoisotopic (exact) mass is 415 g/mol. The fraction of sp³-hybridized carbons (Fsp3) is 0.429. The molecule has 0 aliphatic carbocycles. The van der Waals surface area contributed by atoms with Gasteiger partial charge in [-0.05, 0) is 60.5 Å². The quantitative estimate of drug-likeness (QED) is 0.734. The summed E-state index contributed by atoms with van der Waals surface area (Å²) in [5, 5.41) is 9.61. The Morgan fingerprint density at radius 1 is 1.03 bits per heavy atom. The summed E-state index contributed by atoms with van der Waals surface area (Å²) in [5.41, 5.74) is 1.68. The van der Waals surface area contributed by atoms with Gasteiger partial charge in [-0.2, -0.15) is 11.3 Å². The first-order valence-corrected chi connectivity index (χ1v) is 10.9. The van der Waals surface area contributed by atoms with Gasteiger partial charge in [0.25, 0.3) is 0 Å². The average molecular weight is 416 g/mol. The zero-order chi connectivity index (χ0) is 20.1. The van der Waals surface area contributed by atoms with Crippen molar-refractivity contribution in [3.05, 3.63) is 40.6 Å². The van der Waals surface area contributed by atoms with Gasteiger partial charge >= 0.3 is 11.8 Å². The Labute approximate surface area is 174 Å². The van der Waals surface area contributed by atoms with Crippen LogP contribution in [0.15, 0.2) is 35.0 Å². The summed E-state index contributed by atoms with van der Waals surface area (Å²) in [5.74, 6) is -0.146. The van der Waals surface area contributed by atoms with Crippen molar-refractivity contribution >= 4 is 28.8 Å². The number of carbonyl (C=O) groups is 2. The second-order valence-electron chi connectivity index (χ2n) is 7.25. The third-order valence-electron chi connectivity index (χ3n) is 5.30. The van der Waals surface area contributed by atoms with Crippen LogP contribution in [0.25, 0.3) is 0 Å². The van der Waals surface area contributed by atoms with Crippen molar-refractivity contribution in [2.75, 3.05) is 31.7 Å². The Morgan fingerprint density at radius 3 is 2.59 bits per heavy atom. The normalized spacial score (nSPS) is 17.4. The number of thiophene rings is 1. The van der Waals surface area contributed by atoms with Gasteiger partial charge < -0.3 is 20.1 Å². The molecule has 4 rings (SSSR count). The predicted molar refractivity (Wildman–Crippen MR) is 111 cm³/mol. The molecule has 1 atom stereocenters. The highest BCUT2D eigenvalue weighted by molar-refractivity contribution is 7.08. The Hall–Kier alpha value is -2.58. The summed E-state index contributed by atoms with van der Waals surface area (Å²) in [7, 11) is 0. The van der Waals surface area contributed by atoms with Gasteiger partial charge in [0.2, 0.25) is 6.79 Å². The summed E-state index contributed by atoms with van der Waals surface area (Å²) < 4.78 is 10.6. The fourth-order valence-electron chi connectivity index (χ4n) is 3.76. The summed E-state index contributed by atoms with van der Waals surface area (Å²) in [6.07, 6.45) is 4.83. The number of nitrogens with one attached hydrogen (secondary N) is 2. The van der Waals surface area contributed by atoms with Crippen molar-refractivity contribution < 1.29 is 19.1 Å². The van der Waals surface area contributed by atoms with E-state index in [1.54, 1.807) is 29.5 Å².